The van der Waals surface area contributed by atoms with E-state index >= 15 is 0 Å². The van der Waals surface area contributed by atoms with E-state index in [0.29, 0.717) is 56.5 Å². The van der Waals surface area contributed by atoms with E-state index in [-0.39, 0.29) is 5.78 Å². The zero-order valence-electron chi connectivity index (χ0n) is 16.5. The highest BCUT2D eigenvalue weighted by atomic mass is 16.5. The molecule has 0 aliphatic heterocycles. The van der Waals surface area contributed by atoms with Crippen LogP contribution < -0.4 is 14.2 Å². The fourth-order valence-electron chi connectivity index (χ4n) is 3.79. The molecule has 0 spiro atoms. The number of aromatic nitrogens is 1. The summed E-state index contributed by atoms with van der Waals surface area (Å²) in [6, 6.07) is 13.0. The van der Waals surface area contributed by atoms with Crippen LogP contribution >= 0.6 is 0 Å². The number of pyridine rings is 1. The van der Waals surface area contributed by atoms with Gasteiger partial charge in [0.25, 0.3) is 0 Å². The maximum atomic E-state index is 13.3. The van der Waals surface area contributed by atoms with Gasteiger partial charge in [-0.15, -0.1) is 0 Å². The molecule has 6 heteroatoms. The van der Waals surface area contributed by atoms with Crippen LogP contribution in [-0.4, -0.2) is 32.1 Å². The largest absolute Gasteiger partial charge is 0.493 e. The van der Waals surface area contributed by atoms with E-state index in [9.17, 15) is 10.1 Å². The lowest BCUT2D eigenvalue weighted by Gasteiger charge is -2.17. The summed E-state index contributed by atoms with van der Waals surface area (Å²) >= 11 is 0. The van der Waals surface area contributed by atoms with Gasteiger partial charge >= 0.3 is 0 Å². The quantitative estimate of drug-likeness (QED) is 0.524. The summed E-state index contributed by atoms with van der Waals surface area (Å²) in [4.78, 5) is 17.8. The normalized spacial score (nSPS) is 11.5. The number of carbonyl (C=O) groups excluding carboxylic acids is 1. The SMILES string of the molecule is COc1cc(-c2c(C#N)c(C)nc3c2C(=O)c2ccccc2-3)cc(OC)c1OC. The van der Waals surface area contributed by atoms with E-state index < -0.39 is 0 Å². The van der Waals surface area contributed by atoms with Crippen LogP contribution in [0.2, 0.25) is 0 Å². The lowest BCUT2D eigenvalue weighted by Crippen LogP contribution is -2.05. The van der Waals surface area contributed by atoms with Gasteiger partial charge in [-0.25, -0.2) is 0 Å². The highest BCUT2D eigenvalue weighted by Gasteiger charge is 2.34. The number of hydrogen-bond donors (Lipinski definition) is 0. The number of fused-ring (bicyclic) bond motifs is 3. The molecule has 1 aliphatic carbocycles. The molecule has 3 aromatic rings. The van der Waals surface area contributed by atoms with Crippen LogP contribution in [0.4, 0.5) is 0 Å². The minimum absolute atomic E-state index is 0.150. The van der Waals surface area contributed by atoms with E-state index in [1.54, 1.807) is 25.1 Å². The van der Waals surface area contributed by atoms with Crippen LogP contribution in [0.1, 0.15) is 27.2 Å². The van der Waals surface area contributed by atoms with Crippen molar-refractivity contribution in [1.29, 1.82) is 5.26 Å². The maximum Gasteiger partial charge on any atom is 0.203 e. The first kappa shape index (κ1) is 18.5. The van der Waals surface area contributed by atoms with Crippen molar-refractivity contribution >= 4 is 5.78 Å². The first-order valence-corrected chi connectivity index (χ1v) is 8.94. The molecule has 1 aliphatic rings. The highest BCUT2D eigenvalue weighted by molar-refractivity contribution is 6.24. The molecular formula is C23H18N2O4. The third kappa shape index (κ3) is 2.63. The number of methoxy groups -OCH3 is 3. The van der Waals surface area contributed by atoms with Crippen molar-refractivity contribution in [3.63, 3.8) is 0 Å². The predicted octanol–water partition coefficient (Wildman–Crippen LogP) is 4.17. The van der Waals surface area contributed by atoms with E-state index in [1.165, 1.54) is 21.3 Å². The molecule has 29 heavy (non-hydrogen) atoms. The fourth-order valence-corrected chi connectivity index (χ4v) is 3.79. The third-order valence-corrected chi connectivity index (χ3v) is 5.10. The summed E-state index contributed by atoms with van der Waals surface area (Å²) in [6.07, 6.45) is 0. The van der Waals surface area contributed by atoms with Crippen LogP contribution in [0.5, 0.6) is 17.2 Å². The standard InChI is InChI=1S/C23H18N2O4/c1-12-16(11-24)19(13-9-17(27-2)23(29-4)18(10-13)28-3)20-21(25-12)14-7-5-6-8-15(14)22(20)26/h5-10H,1-4H3. The van der Waals surface area contributed by atoms with Crippen LogP contribution in [0.3, 0.4) is 0 Å². The van der Waals surface area contributed by atoms with Crippen molar-refractivity contribution in [2.45, 2.75) is 6.92 Å². The number of rotatable bonds is 4. The van der Waals surface area contributed by atoms with Crippen LogP contribution in [-0.2, 0) is 0 Å². The monoisotopic (exact) mass is 386 g/mol. The number of ketones is 1. The van der Waals surface area contributed by atoms with Gasteiger partial charge in [0.05, 0.1) is 43.8 Å². The molecule has 1 heterocycles. The molecular weight excluding hydrogens is 368 g/mol. The number of benzene rings is 2. The molecule has 6 nitrogen and oxygen atoms in total. The van der Waals surface area contributed by atoms with Gasteiger partial charge in [0, 0.05) is 16.7 Å². The Kier molecular flexibility index (Phi) is 4.44. The maximum absolute atomic E-state index is 13.3. The lowest BCUT2D eigenvalue weighted by molar-refractivity contribution is 0.104. The van der Waals surface area contributed by atoms with E-state index in [2.05, 4.69) is 11.1 Å². The second kappa shape index (κ2) is 6.95. The van der Waals surface area contributed by atoms with Crippen LogP contribution in [0.15, 0.2) is 36.4 Å². The average molecular weight is 386 g/mol. The van der Waals surface area contributed by atoms with Gasteiger partial charge in [-0.3, -0.25) is 9.78 Å². The van der Waals surface area contributed by atoms with Gasteiger partial charge < -0.3 is 14.2 Å². The summed E-state index contributed by atoms with van der Waals surface area (Å²) in [5.74, 6) is 1.17. The van der Waals surface area contributed by atoms with Crippen LogP contribution in [0.25, 0.3) is 22.4 Å². The molecule has 0 saturated carbocycles. The molecule has 0 bridgehead atoms. The molecule has 0 amide bonds. The Morgan fingerprint density at radius 3 is 2.10 bits per heavy atom. The van der Waals surface area contributed by atoms with E-state index in [4.69, 9.17) is 14.2 Å². The van der Waals surface area contributed by atoms with Crippen molar-refractivity contribution in [3.8, 4) is 45.7 Å². The summed E-state index contributed by atoms with van der Waals surface area (Å²) in [7, 11) is 4.57. The second-order valence-electron chi connectivity index (χ2n) is 6.57. The van der Waals surface area contributed by atoms with Crippen molar-refractivity contribution in [1.82, 2.24) is 4.98 Å². The van der Waals surface area contributed by atoms with Gasteiger partial charge in [0.1, 0.15) is 6.07 Å². The number of nitrogens with zero attached hydrogens (tertiary/aromatic N) is 2. The Morgan fingerprint density at radius 1 is 0.931 bits per heavy atom. The molecule has 0 fully saturated rings. The molecule has 0 unspecified atom stereocenters. The number of carbonyl (C=O) groups is 1. The summed E-state index contributed by atoms with van der Waals surface area (Å²) < 4.78 is 16.3. The molecule has 0 atom stereocenters. The topological polar surface area (TPSA) is 81.4 Å². The third-order valence-electron chi connectivity index (χ3n) is 5.10. The predicted molar refractivity (Wildman–Crippen MR) is 108 cm³/mol. The minimum Gasteiger partial charge on any atom is -0.493 e. The van der Waals surface area contributed by atoms with Crippen molar-refractivity contribution in [2.24, 2.45) is 0 Å². The van der Waals surface area contributed by atoms with Gasteiger partial charge in [0.2, 0.25) is 5.75 Å². The van der Waals surface area contributed by atoms with Gasteiger partial charge in [-0.05, 0) is 24.6 Å². The van der Waals surface area contributed by atoms with Gasteiger partial charge in [0.15, 0.2) is 17.3 Å². The zero-order chi connectivity index (χ0) is 20.7. The lowest BCUT2D eigenvalue weighted by atomic mass is 9.92. The van der Waals surface area contributed by atoms with Crippen molar-refractivity contribution in [3.05, 3.63) is 58.8 Å². The van der Waals surface area contributed by atoms with E-state index in [1.807, 2.05) is 18.2 Å². The van der Waals surface area contributed by atoms with Crippen LogP contribution in [0, 0.1) is 18.3 Å². The Balaban J connectivity index is 2.10. The Morgan fingerprint density at radius 2 is 1.55 bits per heavy atom. The summed E-state index contributed by atoms with van der Waals surface area (Å²) in [5.41, 5.74) is 4.41. The Labute approximate surface area is 168 Å². The number of ether oxygens (including phenoxy) is 3. The molecule has 0 N–H and O–H groups in total. The van der Waals surface area contributed by atoms with Crippen molar-refractivity contribution in [2.75, 3.05) is 21.3 Å². The summed E-state index contributed by atoms with van der Waals surface area (Å²) in [6.45, 7) is 1.77. The molecule has 0 radical (unpaired) electrons. The Bertz CT molecular complexity index is 1180. The molecule has 4 rings (SSSR count). The molecule has 2 aromatic carbocycles. The average Bonchev–Trinajstić information content (AvgIpc) is 3.03. The number of aryl methyl sites for hydroxylation is 1. The molecule has 144 valence electrons. The summed E-state index contributed by atoms with van der Waals surface area (Å²) in [5, 5.41) is 9.86. The molecule has 1 aromatic heterocycles. The smallest absolute Gasteiger partial charge is 0.203 e. The minimum atomic E-state index is -0.150. The Hall–Kier alpha value is -3.85. The highest BCUT2D eigenvalue weighted by Crippen LogP contribution is 2.46. The first-order valence-electron chi connectivity index (χ1n) is 8.94. The number of nitriles is 1. The zero-order valence-corrected chi connectivity index (χ0v) is 16.5. The molecule has 0 saturated heterocycles. The second-order valence-corrected chi connectivity index (χ2v) is 6.57. The van der Waals surface area contributed by atoms with Gasteiger partial charge in [-0.1, -0.05) is 24.3 Å². The fraction of sp³-hybridized carbons (Fsp3) is 0.174. The number of hydrogen-bond acceptors (Lipinski definition) is 6. The van der Waals surface area contributed by atoms with Gasteiger partial charge in [-0.2, -0.15) is 5.26 Å². The van der Waals surface area contributed by atoms with E-state index in [0.717, 1.165) is 5.56 Å². The van der Waals surface area contributed by atoms with Crippen molar-refractivity contribution < 1.29 is 19.0 Å². The first-order chi connectivity index (χ1) is 14.0.